The highest BCUT2D eigenvalue weighted by molar-refractivity contribution is 7.13. The number of carbonyl (C=O) groups is 3. The first-order valence-electron chi connectivity index (χ1n) is 12.7. The molecule has 1 aromatic heterocycles. The first-order chi connectivity index (χ1) is 18.4. The lowest BCUT2D eigenvalue weighted by Crippen LogP contribution is -2.45. The fourth-order valence-corrected chi connectivity index (χ4v) is 6.17. The van der Waals surface area contributed by atoms with Crippen LogP contribution in [0.1, 0.15) is 62.7 Å². The van der Waals surface area contributed by atoms with Gasteiger partial charge in [-0.2, -0.15) is 13.2 Å². The van der Waals surface area contributed by atoms with Crippen molar-refractivity contribution in [1.82, 2.24) is 25.4 Å². The Morgan fingerprint density at radius 1 is 1.21 bits per heavy atom. The van der Waals surface area contributed by atoms with Crippen LogP contribution in [0.3, 0.4) is 0 Å². The van der Waals surface area contributed by atoms with Crippen molar-refractivity contribution in [3.05, 3.63) is 51.5 Å². The van der Waals surface area contributed by atoms with Crippen LogP contribution in [0.25, 0.3) is 0 Å². The SMILES string of the molecule is CN(C)C(=O)c1cnc(C2(O)CCC(N3CCC(NC(=O)CNC(=O)c4cccc(C(F)(F)F)c4)C3)CC2)s1. The second-order valence-electron chi connectivity index (χ2n) is 10.3. The zero-order chi connectivity index (χ0) is 28.4. The summed E-state index contributed by atoms with van der Waals surface area (Å²) in [5, 5.41) is 17.0. The molecule has 2 aromatic rings. The number of benzene rings is 1. The van der Waals surface area contributed by atoms with Crippen molar-refractivity contribution in [2.45, 2.75) is 56.0 Å². The quantitative estimate of drug-likeness (QED) is 0.474. The summed E-state index contributed by atoms with van der Waals surface area (Å²) in [7, 11) is 3.34. The molecule has 0 radical (unpaired) electrons. The number of aromatic nitrogens is 1. The van der Waals surface area contributed by atoms with Crippen molar-refractivity contribution in [3.63, 3.8) is 0 Å². The van der Waals surface area contributed by atoms with Gasteiger partial charge in [0.2, 0.25) is 5.91 Å². The van der Waals surface area contributed by atoms with Crippen LogP contribution in [-0.2, 0) is 16.6 Å². The van der Waals surface area contributed by atoms with E-state index in [0.29, 0.717) is 29.3 Å². The molecule has 1 saturated heterocycles. The maximum absolute atomic E-state index is 12.9. The summed E-state index contributed by atoms with van der Waals surface area (Å²) in [6.07, 6.45) is 0.238. The number of carbonyl (C=O) groups excluding carboxylic acids is 3. The van der Waals surface area contributed by atoms with Gasteiger partial charge in [-0.15, -0.1) is 11.3 Å². The molecule has 212 valence electrons. The number of rotatable bonds is 7. The summed E-state index contributed by atoms with van der Waals surface area (Å²) in [4.78, 5) is 45.4. The summed E-state index contributed by atoms with van der Waals surface area (Å²) < 4.78 is 38.6. The third kappa shape index (κ3) is 6.95. The van der Waals surface area contributed by atoms with Crippen molar-refractivity contribution in [3.8, 4) is 0 Å². The van der Waals surface area contributed by atoms with Crippen molar-refractivity contribution in [1.29, 1.82) is 0 Å². The number of likely N-dealkylation sites (tertiary alicyclic amines) is 1. The van der Waals surface area contributed by atoms with Crippen LogP contribution < -0.4 is 10.6 Å². The molecule has 3 amide bonds. The molecule has 2 heterocycles. The van der Waals surface area contributed by atoms with Gasteiger partial charge in [0.15, 0.2) is 0 Å². The first-order valence-corrected chi connectivity index (χ1v) is 13.6. The maximum Gasteiger partial charge on any atom is 0.416 e. The summed E-state index contributed by atoms with van der Waals surface area (Å²) >= 11 is 1.23. The van der Waals surface area contributed by atoms with E-state index >= 15 is 0 Å². The number of hydrogen-bond donors (Lipinski definition) is 3. The highest BCUT2D eigenvalue weighted by Crippen LogP contribution is 2.41. The normalized spacial score (nSPS) is 23.8. The standard InChI is InChI=1S/C26H32F3N5O4S/c1-33(2)23(37)20-13-31-24(39-20)25(38)9-6-19(7-10-25)34-11-8-18(15-34)32-21(35)14-30-22(36)16-4-3-5-17(12-16)26(27,28)29/h3-5,12-13,18-19,38H,6-11,14-15H2,1-2H3,(H,30,36)(H,32,35). The molecular weight excluding hydrogens is 535 g/mol. The number of nitrogens with one attached hydrogen (secondary N) is 2. The highest BCUT2D eigenvalue weighted by atomic mass is 32.1. The molecule has 1 saturated carbocycles. The Balaban J connectivity index is 1.22. The second-order valence-corrected chi connectivity index (χ2v) is 11.3. The minimum atomic E-state index is -4.56. The van der Waals surface area contributed by atoms with Gasteiger partial charge in [-0.05, 0) is 50.3 Å². The number of halogens is 3. The fourth-order valence-electron chi connectivity index (χ4n) is 5.08. The summed E-state index contributed by atoms with van der Waals surface area (Å²) in [6.45, 7) is 1.08. The van der Waals surface area contributed by atoms with Gasteiger partial charge in [0.1, 0.15) is 15.5 Å². The molecule has 1 aliphatic carbocycles. The van der Waals surface area contributed by atoms with Gasteiger partial charge < -0.3 is 20.6 Å². The Bertz CT molecular complexity index is 1210. The largest absolute Gasteiger partial charge is 0.416 e. The summed E-state index contributed by atoms with van der Waals surface area (Å²) in [6, 6.07) is 4.18. The molecule has 9 nitrogen and oxygen atoms in total. The van der Waals surface area contributed by atoms with Gasteiger partial charge in [-0.3, -0.25) is 19.3 Å². The molecule has 2 aliphatic rings. The molecule has 3 N–H and O–H groups in total. The van der Waals surface area contributed by atoms with Gasteiger partial charge in [0.25, 0.3) is 11.8 Å². The molecule has 0 spiro atoms. The number of amides is 3. The van der Waals surface area contributed by atoms with Crippen molar-refractivity contribution in [2.75, 3.05) is 33.7 Å². The van der Waals surface area contributed by atoms with E-state index in [1.165, 1.54) is 28.5 Å². The fraction of sp³-hybridized carbons (Fsp3) is 0.538. The monoisotopic (exact) mass is 567 g/mol. The second kappa shape index (κ2) is 11.6. The molecular formula is C26H32F3N5O4S. The zero-order valence-electron chi connectivity index (χ0n) is 21.8. The average Bonchev–Trinajstić information content (AvgIpc) is 3.57. The zero-order valence-corrected chi connectivity index (χ0v) is 22.6. The molecule has 1 aliphatic heterocycles. The number of alkyl halides is 3. The Hall–Kier alpha value is -3.03. The van der Waals surface area contributed by atoms with E-state index in [0.717, 1.165) is 44.0 Å². The van der Waals surface area contributed by atoms with E-state index in [2.05, 4.69) is 20.5 Å². The first kappa shape index (κ1) is 29.0. The molecule has 39 heavy (non-hydrogen) atoms. The van der Waals surface area contributed by atoms with Crippen LogP contribution in [0.4, 0.5) is 13.2 Å². The van der Waals surface area contributed by atoms with Crippen LogP contribution in [0.15, 0.2) is 30.5 Å². The van der Waals surface area contributed by atoms with Crippen LogP contribution in [0, 0.1) is 0 Å². The van der Waals surface area contributed by atoms with Crippen LogP contribution in [0.5, 0.6) is 0 Å². The van der Waals surface area contributed by atoms with Crippen LogP contribution >= 0.6 is 11.3 Å². The predicted molar refractivity (Wildman–Crippen MR) is 138 cm³/mol. The molecule has 1 aromatic carbocycles. The van der Waals surface area contributed by atoms with Gasteiger partial charge >= 0.3 is 6.18 Å². The lowest BCUT2D eigenvalue weighted by atomic mass is 9.82. The summed E-state index contributed by atoms with van der Waals surface area (Å²) in [5.74, 6) is -1.30. The smallest absolute Gasteiger partial charge is 0.383 e. The maximum atomic E-state index is 12.9. The lowest BCUT2D eigenvalue weighted by molar-refractivity contribution is -0.137. The molecule has 0 bridgehead atoms. The molecule has 1 unspecified atom stereocenters. The molecule has 1 atom stereocenters. The minimum Gasteiger partial charge on any atom is -0.383 e. The third-order valence-electron chi connectivity index (χ3n) is 7.27. The van der Waals surface area contributed by atoms with Crippen LogP contribution in [0.2, 0.25) is 0 Å². The van der Waals surface area contributed by atoms with Gasteiger partial charge in [0, 0.05) is 44.8 Å². The number of thiazole rings is 1. The number of hydrogen-bond acceptors (Lipinski definition) is 7. The topological polar surface area (TPSA) is 115 Å². The van der Waals surface area contributed by atoms with E-state index in [-0.39, 0.29) is 30.1 Å². The van der Waals surface area contributed by atoms with Crippen LogP contribution in [-0.4, -0.2) is 83.4 Å². The van der Waals surface area contributed by atoms with E-state index in [4.69, 9.17) is 0 Å². The average molecular weight is 568 g/mol. The number of aliphatic hydroxyl groups is 1. The number of nitrogens with zero attached hydrogens (tertiary/aromatic N) is 3. The summed E-state index contributed by atoms with van der Waals surface area (Å²) in [5.41, 5.74) is -2.15. The highest BCUT2D eigenvalue weighted by Gasteiger charge is 2.40. The Morgan fingerprint density at radius 2 is 1.92 bits per heavy atom. The minimum absolute atomic E-state index is 0.109. The Morgan fingerprint density at radius 3 is 2.59 bits per heavy atom. The van der Waals surface area contributed by atoms with E-state index in [1.807, 2.05) is 0 Å². The predicted octanol–water partition coefficient (Wildman–Crippen LogP) is 2.61. The molecule has 13 heteroatoms. The van der Waals surface area contributed by atoms with E-state index < -0.39 is 29.2 Å². The lowest BCUT2D eigenvalue weighted by Gasteiger charge is -2.38. The van der Waals surface area contributed by atoms with E-state index in [1.54, 1.807) is 14.1 Å². The van der Waals surface area contributed by atoms with Gasteiger partial charge in [0.05, 0.1) is 18.3 Å². The van der Waals surface area contributed by atoms with Crippen molar-refractivity contribution in [2.24, 2.45) is 0 Å². The van der Waals surface area contributed by atoms with Crippen molar-refractivity contribution < 1.29 is 32.7 Å². The Labute approximate surface area is 228 Å². The van der Waals surface area contributed by atoms with Crippen molar-refractivity contribution >= 4 is 29.1 Å². The molecule has 2 fully saturated rings. The van der Waals surface area contributed by atoms with Gasteiger partial charge in [-0.1, -0.05) is 6.07 Å². The molecule has 4 rings (SSSR count). The van der Waals surface area contributed by atoms with Gasteiger partial charge in [-0.25, -0.2) is 4.98 Å². The third-order valence-corrected chi connectivity index (χ3v) is 8.44. The Kier molecular flexibility index (Phi) is 8.62. The van der Waals surface area contributed by atoms with E-state index in [9.17, 15) is 32.7 Å².